The Bertz CT molecular complexity index is 1590. The Balaban J connectivity index is 1.88. The van der Waals surface area contributed by atoms with Crippen LogP contribution in [0, 0.1) is 6.92 Å². The number of nitrogens with zero attached hydrogens (tertiary/aromatic N) is 3. The van der Waals surface area contributed by atoms with Crippen LogP contribution in [-0.4, -0.2) is 23.0 Å². The van der Waals surface area contributed by atoms with Crippen molar-refractivity contribution in [1.29, 1.82) is 0 Å². The Morgan fingerprint density at radius 3 is 2.25 bits per heavy atom. The van der Waals surface area contributed by atoms with Crippen molar-refractivity contribution in [2.45, 2.75) is 30.1 Å². The summed E-state index contributed by atoms with van der Waals surface area (Å²) in [5, 5.41) is 0. The highest BCUT2D eigenvalue weighted by molar-refractivity contribution is 7.92. The number of para-hydroxylation sites is 2. The van der Waals surface area contributed by atoms with Gasteiger partial charge in [-0.25, -0.2) is 18.4 Å². The van der Waals surface area contributed by atoms with Crippen LogP contribution in [0.3, 0.4) is 0 Å². The topological polar surface area (TPSA) is 90.9 Å². The lowest BCUT2D eigenvalue weighted by molar-refractivity contribution is 0.597. The molecule has 0 aliphatic heterocycles. The number of benzene rings is 3. The van der Waals surface area contributed by atoms with Crippen LogP contribution in [0.25, 0.3) is 27.9 Å². The predicted octanol–water partition coefficient (Wildman–Crippen LogP) is 4.86. The summed E-state index contributed by atoms with van der Waals surface area (Å²) in [5.41, 5.74) is 11.3. The molecule has 2 aromatic heterocycles. The van der Waals surface area contributed by atoms with Crippen molar-refractivity contribution in [1.82, 2.24) is 14.5 Å². The zero-order valence-electron chi connectivity index (χ0n) is 17.8. The molecular weight excluding hydrogens is 420 g/mol. The Morgan fingerprint density at radius 2 is 1.59 bits per heavy atom. The Hall–Kier alpha value is -3.71. The van der Waals surface area contributed by atoms with Crippen molar-refractivity contribution in [2.24, 2.45) is 0 Å². The zero-order valence-corrected chi connectivity index (χ0v) is 18.6. The lowest BCUT2D eigenvalue weighted by Crippen LogP contribution is -2.07. The molecule has 0 saturated carbocycles. The van der Waals surface area contributed by atoms with Crippen molar-refractivity contribution in [3.63, 3.8) is 0 Å². The molecule has 0 aliphatic rings. The number of nitrogens with two attached hydrogens (primary N) is 1. The van der Waals surface area contributed by atoms with Gasteiger partial charge in [0, 0.05) is 5.69 Å². The van der Waals surface area contributed by atoms with E-state index >= 15 is 0 Å². The summed E-state index contributed by atoms with van der Waals surface area (Å²) in [6.07, 6.45) is 0.902. The minimum Gasteiger partial charge on any atom is -0.384 e. The van der Waals surface area contributed by atoms with Gasteiger partial charge in [-0.3, -0.25) is 4.57 Å². The van der Waals surface area contributed by atoms with E-state index in [0.29, 0.717) is 16.7 Å². The van der Waals surface area contributed by atoms with E-state index in [-0.39, 0.29) is 21.1 Å². The molecule has 5 aromatic rings. The molecule has 0 spiro atoms. The number of anilines is 1. The van der Waals surface area contributed by atoms with Crippen LogP contribution < -0.4 is 5.73 Å². The highest BCUT2D eigenvalue weighted by Gasteiger charge is 2.30. The second-order valence-corrected chi connectivity index (χ2v) is 9.66. The van der Waals surface area contributed by atoms with Crippen LogP contribution in [-0.2, 0) is 16.3 Å². The molecule has 0 aliphatic carbocycles. The number of hydrogen-bond acceptors (Lipinski definition) is 5. The van der Waals surface area contributed by atoms with Gasteiger partial charge in [0.15, 0.2) is 5.65 Å². The number of nitrogen functional groups attached to an aromatic ring is 1. The third-order valence-electron chi connectivity index (χ3n) is 5.62. The second kappa shape index (κ2) is 7.46. The SMILES string of the molecule is CCc1ccc(-n2c(N)c(S(=O)(=O)c3cccc(C)c3)c3nc4ccccc4nc32)cc1. The van der Waals surface area contributed by atoms with E-state index < -0.39 is 9.84 Å². The minimum absolute atomic E-state index is 0.0177. The summed E-state index contributed by atoms with van der Waals surface area (Å²) in [4.78, 5) is 9.61. The molecular formula is C25H22N4O2S. The van der Waals surface area contributed by atoms with Crippen molar-refractivity contribution < 1.29 is 8.42 Å². The quantitative estimate of drug-likeness (QED) is 0.429. The van der Waals surface area contributed by atoms with Gasteiger partial charge in [0.25, 0.3) is 0 Å². The van der Waals surface area contributed by atoms with Crippen LogP contribution in [0.4, 0.5) is 5.82 Å². The molecule has 160 valence electrons. The standard InChI is InChI=1S/C25H22N4O2S/c1-3-17-11-13-18(14-12-17)29-24(26)23(32(30,31)19-8-6-7-16(2)15-19)22-25(29)28-21-10-5-4-9-20(21)27-22/h4-15H,3,26H2,1-2H3. The van der Waals surface area contributed by atoms with E-state index in [9.17, 15) is 8.42 Å². The fourth-order valence-corrected chi connectivity index (χ4v) is 5.54. The Morgan fingerprint density at radius 1 is 0.906 bits per heavy atom. The number of aryl methyl sites for hydroxylation is 2. The summed E-state index contributed by atoms with van der Waals surface area (Å²) in [5.74, 6) is 0.0982. The molecule has 6 nitrogen and oxygen atoms in total. The summed E-state index contributed by atoms with van der Waals surface area (Å²) >= 11 is 0. The van der Waals surface area contributed by atoms with Gasteiger partial charge in [-0.05, 0) is 60.9 Å². The number of fused-ring (bicyclic) bond motifs is 2. The number of rotatable bonds is 4. The third kappa shape index (κ3) is 3.13. The van der Waals surface area contributed by atoms with Gasteiger partial charge in [0.05, 0.1) is 15.9 Å². The van der Waals surface area contributed by atoms with Crippen molar-refractivity contribution in [3.8, 4) is 5.69 Å². The largest absolute Gasteiger partial charge is 0.384 e. The van der Waals surface area contributed by atoms with Gasteiger partial charge in [0.2, 0.25) is 9.84 Å². The molecule has 0 amide bonds. The summed E-state index contributed by atoms with van der Waals surface area (Å²) < 4.78 is 29.2. The normalized spacial score (nSPS) is 11.9. The van der Waals surface area contributed by atoms with Crippen LogP contribution in [0.15, 0.2) is 82.6 Å². The Kier molecular flexibility index (Phi) is 4.71. The highest BCUT2D eigenvalue weighted by Crippen LogP contribution is 2.37. The van der Waals surface area contributed by atoms with Crippen LogP contribution in [0.2, 0.25) is 0 Å². The first kappa shape index (κ1) is 20.2. The smallest absolute Gasteiger partial charge is 0.212 e. The summed E-state index contributed by atoms with van der Waals surface area (Å²) in [6.45, 7) is 3.94. The average molecular weight is 443 g/mol. The maximum atomic E-state index is 13.7. The van der Waals surface area contributed by atoms with Crippen LogP contribution >= 0.6 is 0 Å². The van der Waals surface area contributed by atoms with E-state index in [1.807, 2.05) is 61.5 Å². The molecule has 0 radical (unpaired) electrons. The van der Waals surface area contributed by atoms with Crippen LogP contribution in [0.1, 0.15) is 18.1 Å². The van der Waals surface area contributed by atoms with E-state index in [0.717, 1.165) is 17.7 Å². The third-order valence-corrected chi connectivity index (χ3v) is 7.44. The maximum absolute atomic E-state index is 13.7. The lowest BCUT2D eigenvalue weighted by Gasteiger charge is -2.09. The Labute approximate surface area is 186 Å². The van der Waals surface area contributed by atoms with E-state index in [4.69, 9.17) is 15.7 Å². The van der Waals surface area contributed by atoms with Crippen molar-refractivity contribution in [2.75, 3.05) is 5.73 Å². The first-order valence-corrected chi connectivity index (χ1v) is 11.9. The van der Waals surface area contributed by atoms with E-state index in [1.165, 1.54) is 5.56 Å². The molecule has 0 saturated heterocycles. The summed E-state index contributed by atoms with van der Waals surface area (Å²) in [6, 6.07) is 22.0. The van der Waals surface area contributed by atoms with Gasteiger partial charge >= 0.3 is 0 Å². The highest BCUT2D eigenvalue weighted by atomic mass is 32.2. The van der Waals surface area contributed by atoms with Crippen LogP contribution in [0.5, 0.6) is 0 Å². The molecule has 7 heteroatoms. The fourth-order valence-electron chi connectivity index (χ4n) is 3.94. The molecule has 3 aromatic carbocycles. The molecule has 0 atom stereocenters. The number of sulfone groups is 1. The molecule has 5 rings (SSSR count). The van der Waals surface area contributed by atoms with Gasteiger partial charge in [-0.2, -0.15) is 0 Å². The molecule has 0 unspecified atom stereocenters. The van der Waals surface area contributed by atoms with E-state index in [2.05, 4.69) is 6.92 Å². The predicted molar refractivity (Wildman–Crippen MR) is 127 cm³/mol. The molecule has 32 heavy (non-hydrogen) atoms. The first-order valence-electron chi connectivity index (χ1n) is 10.4. The fraction of sp³-hybridized carbons (Fsp3) is 0.120. The number of aromatic nitrogens is 3. The van der Waals surface area contributed by atoms with Crippen molar-refractivity contribution >= 4 is 37.9 Å². The molecule has 2 N–H and O–H groups in total. The lowest BCUT2D eigenvalue weighted by atomic mass is 10.1. The second-order valence-electron chi connectivity index (χ2n) is 7.77. The molecule has 0 fully saturated rings. The van der Waals surface area contributed by atoms with Gasteiger partial charge < -0.3 is 5.73 Å². The van der Waals surface area contributed by atoms with Gasteiger partial charge in [0.1, 0.15) is 16.2 Å². The monoisotopic (exact) mass is 442 g/mol. The molecule has 0 bridgehead atoms. The van der Waals surface area contributed by atoms with Crippen molar-refractivity contribution in [3.05, 3.63) is 83.9 Å². The molecule has 2 heterocycles. The first-order chi connectivity index (χ1) is 15.4. The van der Waals surface area contributed by atoms with E-state index in [1.54, 1.807) is 22.8 Å². The van der Waals surface area contributed by atoms with Gasteiger partial charge in [-0.15, -0.1) is 0 Å². The summed E-state index contributed by atoms with van der Waals surface area (Å²) in [7, 11) is -3.94. The zero-order chi connectivity index (χ0) is 22.5. The minimum atomic E-state index is -3.94. The van der Waals surface area contributed by atoms with Gasteiger partial charge in [-0.1, -0.05) is 43.3 Å². The maximum Gasteiger partial charge on any atom is 0.212 e. The average Bonchev–Trinajstić information content (AvgIpc) is 3.08. The number of hydrogen-bond donors (Lipinski definition) is 1.